The highest BCUT2D eigenvalue weighted by Gasteiger charge is 2.38. The van der Waals surface area contributed by atoms with E-state index in [0.717, 1.165) is 18.4 Å². The van der Waals surface area contributed by atoms with E-state index in [0.29, 0.717) is 23.4 Å². The maximum absolute atomic E-state index is 13.1. The van der Waals surface area contributed by atoms with Crippen molar-refractivity contribution in [3.05, 3.63) is 59.2 Å². The maximum Gasteiger partial charge on any atom is 0.243 e. The largest absolute Gasteiger partial charge is 0.399 e. The fraction of sp³-hybridized carbons (Fsp3) is 0.278. The third-order valence-electron chi connectivity index (χ3n) is 4.16. The molecule has 0 aromatic heterocycles. The molecule has 2 aromatic rings. The van der Waals surface area contributed by atoms with Gasteiger partial charge in [-0.1, -0.05) is 12.1 Å². The van der Waals surface area contributed by atoms with Crippen molar-refractivity contribution in [2.45, 2.75) is 37.2 Å². The molecular formula is C18H19N3O2S. The monoisotopic (exact) mass is 341 g/mol. The predicted molar refractivity (Wildman–Crippen MR) is 92.5 cm³/mol. The second-order valence-electron chi connectivity index (χ2n) is 6.12. The Balaban J connectivity index is 1.95. The fourth-order valence-electron chi connectivity index (χ4n) is 2.71. The number of rotatable bonds is 5. The summed E-state index contributed by atoms with van der Waals surface area (Å²) in [6, 6.07) is 14.0. The molecule has 3 rings (SSSR count). The van der Waals surface area contributed by atoms with Crippen molar-refractivity contribution in [3.8, 4) is 6.07 Å². The summed E-state index contributed by atoms with van der Waals surface area (Å²) < 4.78 is 27.8. The summed E-state index contributed by atoms with van der Waals surface area (Å²) in [6.07, 6.45) is 1.76. The molecule has 1 fully saturated rings. The number of benzene rings is 2. The van der Waals surface area contributed by atoms with Crippen LogP contribution in [0.1, 0.15) is 29.5 Å². The van der Waals surface area contributed by atoms with E-state index in [1.54, 1.807) is 35.5 Å². The number of hydrogen-bond acceptors (Lipinski definition) is 4. The smallest absolute Gasteiger partial charge is 0.243 e. The number of nitrogens with two attached hydrogens (primary N) is 1. The summed E-state index contributed by atoms with van der Waals surface area (Å²) >= 11 is 0. The first-order valence-electron chi connectivity index (χ1n) is 7.79. The van der Waals surface area contributed by atoms with E-state index in [1.807, 2.05) is 18.2 Å². The van der Waals surface area contributed by atoms with Crippen LogP contribution < -0.4 is 5.73 Å². The highest BCUT2D eigenvalue weighted by Crippen LogP contribution is 2.34. The molecule has 24 heavy (non-hydrogen) atoms. The number of anilines is 1. The van der Waals surface area contributed by atoms with E-state index >= 15 is 0 Å². The number of hydrogen-bond donors (Lipinski definition) is 1. The van der Waals surface area contributed by atoms with Crippen LogP contribution >= 0.6 is 0 Å². The van der Waals surface area contributed by atoms with Crippen molar-refractivity contribution in [2.75, 3.05) is 5.73 Å². The van der Waals surface area contributed by atoms with Crippen LogP contribution in [0.3, 0.4) is 0 Å². The molecule has 5 nitrogen and oxygen atoms in total. The summed E-state index contributed by atoms with van der Waals surface area (Å²) in [6.45, 7) is 2.05. The van der Waals surface area contributed by atoms with Crippen LogP contribution in [-0.4, -0.2) is 18.8 Å². The van der Waals surface area contributed by atoms with Gasteiger partial charge in [-0.2, -0.15) is 9.57 Å². The van der Waals surface area contributed by atoms with Gasteiger partial charge in [0.1, 0.15) is 0 Å². The fourth-order valence-corrected chi connectivity index (χ4v) is 4.59. The van der Waals surface area contributed by atoms with Gasteiger partial charge in [-0.3, -0.25) is 0 Å². The van der Waals surface area contributed by atoms with Crippen LogP contribution in [0.15, 0.2) is 47.4 Å². The lowest BCUT2D eigenvalue weighted by molar-refractivity contribution is 0.398. The van der Waals surface area contributed by atoms with E-state index in [-0.39, 0.29) is 10.9 Å². The summed E-state index contributed by atoms with van der Waals surface area (Å²) in [5.74, 6) is 0. The van der Waals surface area contributed by atoms with E-state index in [4.69, 9.17) is 11.0 Å². The van der Waals surface area contributed by atoms with Crippen LogP contribution in [0.2, 0.25) is 0 Å². The average Bonchev–Trinajstić information content (AvgIpc) is 3.38. The highest BCUT2D eigenvalue weighted by molar-refractivity contribution is 7.89. The zero-order chi connectivity index (χ0) is 17.3. The molecular weight excluding hydrogens is 322 g/mol. The SMILES string of the molecule is Cc1cc(C#N)ccc1S(=O)(=O)N(Cc1ccc(N)cc1)C1CC1. The second kappa shape index (κ2) is 6.27. The Kier molecular flexibility index (Phi) is 4.31. The van der Waals surface area contributed by atoms with Crippen molar-refractivity contribution < 1.29 is 8.42 Å². The van der Waals surface area contributed by atoms with Crippen molar-refractivity contribution in [1.29, 1.82) is 5.26 Å². The normalized spacial score (nSPS) is 14.5. The predicted octanol–water partition coefficient (Wildman–Crippen LogP) is 2.80. The lowest BCUT2D eigenvalue weighted by atomic mass is 10.2. The molecule has 2 N–H and O–H groups in total. The quantitative estimate of drug-likeness (QED) is 0.847. The van der Waals surface area contributed by atoms with Gasteiger partial charge in [-0.05, 0) is 61.2 Å². The van der Waals surface area contributed by atoms with Gasteiger partial charge < -0.3 is 5.73 Å². The second-order valence-corrected chi connectivity index (χ2v) is 7.97. The van der Waals surface area contributed by atoms with E-state index in [9.17, 15) is 8.42 Å². The van der Waals surface area contributed by atoms with E-state index in [1.165, 1.54) is 6.07 Å². The molecule has 6 heteroatoms. The number of sulfonamides is 1. The molecule has 0 atom stereocenters. The molecule has 1 saturated carbocycles. The molecule has 124 valence electrons. The number of nitrogens with zero attached hydrogens (tertiary/aromatic N) is 2. The third kappa shape index (κ3) is 3.28. The van der Waals surface area contributed by atoms with Crippen LogP contribution in [0.4, 0.5) is 5.69 Å². The first-order chi connectivity index (χ1) is 11.4. The molecule has 2 aromatic carbocycles. The van der Waals surface area contributed by atoms with Gasteiger partial charge in [0.15, 0.2) is 0 Å². The minimum Gasteiger partial charge on any atom is -0.399 e. The molecule has 0 spiro atoms. The van der Waals surface area contributed by atoms with Crippen LogP contribution in [-0.2, 0) is 16.6 Å². The van der Waals surface area contributed by atoms with E-state index in [2.05, 4.69) is 0 Å². The lowest BCUT2D eigenvalue weighted by Gasteiger charge is -2.23. The van der Waals surface area contributed by atoms with Gasteiger partial charge in [0.05, 0.1) is 16.5 Å². The molecule has 0 radical (unpaired) electrons. The van der Waals surface area contributed by atoms with Crippen LogP contribution in [0, 0.1) is 18.3 Å². The summed E-state index contributed by atoms with van der Waals surface area (Å²) in [5.41, 5.74) is 8.31. The van der Waals surface area contributed by atoms with Gasteiger partial charge in [0.25, 0.3) is 0 Å². The van der Waals surface area contributed by atoms with Crippen molar-refractivity contribution in [1.82, 2.24) is 4.31 Å². The summed E-state index contributed by atoms with van der Waals surface area (Å²) in [7, 11) is -3.61. The molecule has 0 unspecified atom stereocenters. The van der Waals surface area contributed by atoms with Crippen LogP contribution in [0.25, 0.3) is 0 Å². The van der Waals surface area contributed by atoms with Crippen molar-refractivity contribution >= 4 is 15.7 Å². The molecule has 0 saturated heterocycles. The molecule has 0 amide bonds. The van der Waals surface area contributed by atoms with Crippen LogP contribution in [0.5, 0.6) is 0 Å². The Morgan fingerprint density at radius 1 is 1.21 bits per heavy atom. The number of nitriles is 1. The summed E-state index contributed by atoms with van der Waals surface area (Å²) in [4.78, 5) is 0.267. The van der Waals surface area contributed by atoms with Gasteiger partial charge >= 0.3 is 0 Å². The standard InChI is InChI=1S/C18H19N3O2S/c1-13-10-15(11-19)4-9-18(13)24(22,23)21(17-7-8-17)12-14-2-5-16(20)6-3-14/h2-6,9-10,17H,7-8,12,20H2,1H3. The zero-order valence-electron chi connectivity index (χ0n) is 13.4. The lowest BCUT2D eigenvalue weighted by Crippen LogP contribution is -2.33. The number of nitrogen functional groups attached to an aromatic ring is 1. The summed E-state index contributed by atoms with van der Waals surface area (Å²) in [5, 5.41) is 8.96. The van der Waals surface area contributed by atoms with E-state index < -0.39 is 10.0 Å². The Morgan fingerprint density at radius 2 is 1.88 bits per heavy atom. The molecule has 1 aliphatic rings. The molecule has 0 bridgehead atoms. The minimum atomic E-state index is -3.61. The van der Waals surface area contributed by atoms with Gasteiger partial charge in [-0.25, -0.2) is 8.42 Å². The maximum atomic E-state index is 13.1. The van der Waals surface area contributed by atoms with Crippen molar-refractivity contribution in [2.24, 2.45) is 0 Å². The van der Waals surface area contributed by atoms with Gasteiger partial charge in [-0.15, -0.1) is 0 Å². The molecule has 1 aliphatic carbocycles. The average molecular weight is 341 g/mol. The highest BCUT2D eigenvalue weighted by atomic mass is 32.2. The van der Waals surface area contributed by atoms with Crippen molar-refractivity contribution in [3.63, 3.8) is 0 Å². The first kappa shape index (κ1) is 16.5. The Morgan fingerprint density at radius 3 is 2.42 bits per heavy atom. The Bertz CT molecular complexity index is 895. The third-order valence-corrected chi connectivity index (χ3v) is 6.22. The number of aryl methyl sites for hydroxylation is 1. The Labute approximate surface area is 142 Å². The zero-order valence-corrected chi connectivity index (χ0v) is 14.3. The van der Waals surface area contributed by atoms with Gasteiger partial charge in [0, 0.05) is 18.3 Å². The van der Waals surface area contributed by atoms with Gasteiger partial charge in [0.2, 0.25) is 10.0 Å². The molecule has 0 heterocycles. The Hall–Kier alpha value is -2.36. The first-order valence-corrected chi connectivity index (χ1v) is 9.23. The minimum absolute atomic E-state index is 0.0441. The molecule has 0 aliphatic heterocycles. The topological polar surface area (TPSA) is 87.2 Å².